The molecule has 0 spiro atoms. The van der Waals surface area contributed by atoms with Gasteiger partial charge in [-0.25, -0.2) is 5.01 Å². The summed E-state index contributed by atoms with van der Waals surface area (Å²) >= 11 is 1.50. The van der Waals surface area contributed by atoms with Crippen molar-refractivity contribution in [3.63, 3.8) is 0 Å². The topological polar surface area (TPSA) is 49.4 Å². The number of rotatable bonds is 4. The van der Waals surface area contributed by atoms with E-state index >= 15 is 0 Å². The van der Waals surface area contributed by atoms with Gasteiger partial charge in [0.05, 0.1) is 17.5 Å². The summed E-state index contributed by atoms with van der Waals surface area (Å²) in [5.41, 5.74) is 4.57. The molecule has 0 radical (unpaired) electrons. The molecule has 4 nitrogen and oxygen atoms in total. The quantitative estimate of drug-likeness (QED) is 0.943. The number of carbonyl (C=O) groups excluding carboxylic acids is 2. The maximum absolute atomic E-state index is 12.7. The van der Waals surface area contributed by atoms with Gasteiger partial charge in [-0.2, -0.15) is 0 Å². The molecule has 2 amide bonds. The molecule has 1 aliphatic rings. The standard InChI is InChI=1S/C17H16N2O2S/c20-15-11-22-12-19(15)18-17(21)16(13-7-3-1-4-8-13)14-9-5-2-6-10-14/h1-10,16H,11-12H2,(H,18,21). The fraction of sp³-hybridized carbons (Fsp3) is 0.176. The first kappa shape index (κ1) is 14.7. The van der Waals surface area contributed by atoms with Crippen molar-refractivity contribution in [2.45, 2.75) is 5.92 Å². The van der Waals surface area contributed by atoms with Gasteiger partial charge in [0.1, 0.15) is 0 Å². The Hall–Kier alpha value is -2.27. The minimum Gasteiger partial charge on any atom is -0.272 e. The molecular weight excluding hydrogens is 296 g/mol. The summed E-state index contributed by atoms with van der Waals surface area (Å²) < 4.78 is 0. The SMILES string of the molecule is O=C(NN1CSCC1=O)C(c1ccccc1)c1ccccc1. The smallest absolute Gasteiger partial charge is 0.251 e. The van der Waals surface area contributed by atoms with Gasteiger partial charge in [0.15, 0.2) is 0 Å². The monoisotopic (exact) mass is 312 g/mol. The van der Waals surface area contributed by atoms with Crippen LogP contribution < -0.4 is 5.43 Å². The molecule has 22 heavy (non-hydrogen) atoms. The molecule has 2 aromatic carbocycles. The number of thioether (sulfide) groups is 1. The van der Waals surface area contributed by atoms with E-state index in [1.807, 2.05) is 60.7 Å². The maximum Gasteiger partial charge on any atom is 0.251 e. The van der Waals surface area contributed by atoms with Gasteiger partial charge in [-0.05, 0) is 11.1 Å². The first-order chi connectivity index (χ1) is 10.8. The molecule has 1 N–H and O–H groups in total. The fourth-order valence-electron chi connectivity index (χ4n) is 2.45. The predicted octanol–water partition coefficient (Wildman–Crippen LogP) is 2.38. The van der Waals surface area contributed by atoms with E-state index in [0.29, 0.717) is 11.6 Å². The van der Waals surface area contributed by atoms with E-state index in [-0.39, 0.29) is 11.8 Å². The first-order valence-corrected chi connectivity index (χ1v) is 8.19. The highest BCUT2D eigenvalue weighted by atomic mass is 32.2. The Morgan fingerprint density at radius 2 is 1.55 bits per heavy atom. The van der Waals surface area contributed by atoms with Crippen molar-refractivity contribution in [1.82, 2.24) is 10.4 Å². The van der Waals surface area contributed by atoms with Gasteiger partial charge in [0, 0.05) is 0 Å². The van der Waals surface area contributed by atoms with E-state index in [0.717, 1.165) is 11.1 Å². The number of nitrogens with zero attached hydrogens (tertiary/aromatic N) is 1. The van der Waals surface area contributed by atoms with Crippen LogP contribution in [0, 0.1) is 0 Å². The van der Waals surface area contributed by atoms with Gasteiger partial charge in [-0.3, -0.25) is 15.0 Å². The van der Waals surface area contributed by atoms with Crippen LogP contribution >= 0.6 is 11.8 Å². The van der Waals surface area contributed by atoms with Crippen LogP contribution in [0.5, 0.6) is 0 Å². The minimum absolute atomic E-state index is 0.0572. The normalized spacial score (nSPS) is 14.4. The van der Waals surface area contributed by atoms with Gasteiger partial charge in [0.2, 0.25) is 0 Å². The lowest BCUT2D eigenvalue weighted by Gasteiger charge is -2.22. The third-order valence-corrected chi connectivity index (χ3v) is 4.41. The second-order valence-electron chi connectivity index (χ2n) is 5.03. The van der Waals surface area contributed by atoms with Crippen LogP contribution in [-0.2, 0) is 9.59 Å². The zero-order chi connectivity index (χ0) is 15.4. The third kappa shape index (κ3) is 3.14. The van der Waals surface area contributed by atoms with E-state index in [4.69, 9.17) is 0 Å². The van der Waals surface area contributed by atoms with E-state index in [1.165, 1.54) is 16.8 Å². The lowest BCUT2D eigenvalue weighted by molar-refractivity contribution is -0.137. The summed E-state index contributed by atoms with van der Waals surface area (Å²) in [7, 11) is 0. The number of benzene rings is 2. The summed E-state index contributed by atoms with van der Waals surface area (Å²) in [5, 5.41) is 1.39. The molecule has 0 aromatic heterocycles. The van der Waals surface area contributed by atoms with Gasteiger partial charge >= 0.3 is 0 Å². The van der Waals surface area contributed by atoms with Gasteiger partial charge in [0.25, 0.3) is 11.8 Å². The molecule has 0 atom stereocenters. The lowest BCUT2D eigenvalue weighted by Crippen LogP contribution is -2.45. The van der Waals surface area contributed by atoms with Crippen molar-refractivity contribution >= 4 is 23.6 Å². The molecule has 1 saturated heterocycles. The van der Waals surface area contributed by atoms with Gasteiger partial charge in [-0.15, -0.1) is 11.8 Å². The summed E-state index contributed by atoms with van der Waals surface area (Å²) in [4.78, 5) is 24.4. The fourth-order valence-corrected chi connectivity index (χ4v) is 3.27. The Labute approximate surface area is 133 Å². The molecule has 5 heteroatoms. The number of hydrogen-bond acceptors (Lipinski definition) is 3. The Morgan fingerprint density at radius 1 is 1.00 bits per heavy atom. The molecule has 3 rings (SSSR count). The average molecular weight is 312 g/mol. The van der Waals surface area contributed by atoms with Crippen molar-refractivity contribution in [3.8, 4) is 0 Å². The Morgan fingerprint density at radius 3 is 2.00 bits per heavy atom. The first-order valence-electron chi connectivity index (χ1n) is 7.04. The molecule has 112 valence electrons. The summed E-state index contributed by atoms with van der Waals surface area (Å²) in [6, 6.07) is 19.2. The number of carbonyl (C=O) groups is 2. The predicted molar refractivity (Wildman–Crippen MR) is 87.0 cm³/mol. The number of hydrazine groups is 1. The minimum atomic E-state index is -0.430. The molecular formula is C17H16N2O2S. The van der Waals surface area contributed by atoms with Crippen LogP contribution in [0.25, 0.3) is 0 Å². The molecule has 0 unspecified atom stereocenters. The highest BCUT2D eigenvalue weighted by Gasteiger charge is 2.28. The van der Waals surface area contributed by atoms with Crippen LogP contribution in [-0.4, -0.2) is 28.5 Å². The van der Waals surface area contributed by atoms with E-state index < -0.39 is 5.92 Å². The van der Waals surface area contributed by atoms with Crippen molar-refractivity contribution in [3.05, 3.63) is 71.8 Å². The third-order valence-electron chi connectivity index (χ3n) is 3.52. The number of nitrogens with one attached hydrogen (secondary N) is 1. The Bertz CT molecular complexity index is 621. The van der Waals surface area contributed by atoms with Crippen molar-refractivity contribution in [2.75, 3.05) is 11.6 Å². The van der Waals surface area contributed by atoms with Crippen LogP contribution in [0.2, 0.25) is 0 Å². The van der Waals surface area contributed by atoms with Gasteiger partial charge < -0.3 is 0 Å². The van der Waals surface area contributed by atoms with Crippen LogP contribution in [0.15, 0.2) is 60.7 Å². The highest BCUT2D eigenvalue weighted by molar-refractivity contribution is 8.00. The average Bonchev–Trinajstić information content (AvgIpc) is 2.95. The van der Waals surface area contributed by atoms with E-state index in [9.17, 15) is 9.59 Å². The largest absolute Gasteiger partial charge is 0.272 e. The number of hydrogen-bond donors (Lipinski definition) is 1. The van der Waals surface area contributed by atoms with E-state index in [2.05, 4.69) is 5.43 Å². The second-order valence-corrected chi connectivity index (χ2v) is 5.98. The molecule has 0 bridgehead atoms. The zero-order valence-electron chi connectivity index (χ0n) is 11.9. The molecule has 1 fully saturated rings. The van der Waals surface area contributed by atoms with Crippen molar-refractivity contribution in [1.29, 1.82) is 0 Å². The van der Waals surface area contributed by atoms with Crippen LogP contribution in [0.4, 0.5) is 0 Å². The maximum atomic E-state index is 12.7. The molecule has 2 aromatic rings. The summed E-state index contributed by atoms with van der Waals surface area (Å²) in [6.45, 7) is 0. The molecule has 1 heterocycles. The van der Waals surface area contributed by atoms with Crippen LogP contribution in [0.1, 0.15) is 17.0 Å². The number of amides is 2. The van der Waals surface area contributed by atoms with Crippen molar-refractivity contribution in [2.24, 2.45) is 0 Å². The van der Waals surface area contributed by atoms with Crippen LogP contribution in [0.3, 0.4) is 0 Å². The van der Waals surface area contributed by atoms with Crippen molar-refractivity contribution < 1.29 is 9.59 Å². The highest BCUT2D eigenvalue weighted by Crippen LogP contribution is 2.25. The molecule has 1 aliphatic heterocycles. The molecule has 0 aliphatic carbocycles. The van der Waals surface area contributed by atoms with Gasteiger partial charge in [-0.1, -0.05) is 60.7 Å². The lowest BCUT2D eigenvalue weighted by atomic mass is 9.91. The summed E-state index contributed by atoms with van der Waals surface area (Å²) in [5.74, 6) is 0.245. The summed E-state index contributed by atoms with van der Waals surface area (Å²) in [6.07, 6.45) is 0. The zero-order valence-corrected chi connectivity index (χ0v) is 12.8. The van der Waals surface area contributed by atoms with E-state index in [1.54, 1.807) is 0 Å². The second kappa shape index (κ2) is 6.66. The Kier molecular flexibility index (Phi) is 4.44. The molecule has 0 saturated carbocycles. The Balaban J connectivity index is 1.88.